The molecule has 0 aliphatic heterocycles. The summed E-state index contributed by atoms with van der Waals surface area (Å²) < 4.78 is 7.40. The van der Waals surface area contributed by atoms with E-state index >= 15 is 0 Å². The van der Waals surface area contributed by atoms with E-state index in [9.17, 15) is 9.90 Å². The Morgan fingerprint density at radius 3 is 2.57 bits per heavy atom. The highest BCUT2D eigenvalue weighted by atomic mass is 32.2. The molecule has 7 nitrogen and oxygen atoms in total. The van der Waals surface area contributed by atoms with E-state index < -0.39 is 5.25 Å². The van der Waals surface area contributed by atoms with E-state index in [2.05, 4.69) is 15.5 Å². The second kappa shape index (κ2) is 8.87. The standard InChI is InChI=1S/C22H20N4O3S/c1-15(21(28)23-17-6-3-2-4-7-17)30-22-25-24-20(16-9-11-18(27)12-10-16)26(22)14-19-8-5-13-29-19/h2-13,15,27H,14H2,1H3,(H,23,28)/t15-/m0/s1. The van der Waals surface area contributed by atoms with Crippen molar-refractivity contribution in [1.29, 1.82) is 0 Å². The lowest BCUT2D eigenvalue weighted by Crippen LogP contribution is -2.23. The average Bonchev–Trinajstić information content (AvgIpc) is 3.40. The summed E-state index contributed by atoms with van der Waals surface area (Å²) in [5.41, 5.74) is 1.55. The summed E-state index contributed by atoms with van der Waals surface area (Å²) in [5, 5.41) is 21.3. The maximum absolute atomic E-state index is 12.6. The summed E-state index contributed by atoms with van der Waals surface area (Å²) in [6.07, 6.45) is 1.61. The van der Waals surface area contributed by atoms with Crippen LogP contribution in [0.3, 0.4) is 0 Å². The van der Waals surface area contributed by atoms with Crippen LogP contribution in [0.1, 0.15) is 12.7 Å². The molecule has 30 heavy (non-hydrogen) atoms. The number of furan rings is 1. The molecular formula is C22H20N4O3S. The zero-order chi connectivity index (χ0) is 20.9. The molecule has 152 valence electrons. The third kappa shape index (κ3) is 4.55. The number of amides is 1. The maximum atomic E-state index is 12.6. The summed E-state index contributed by atoms with van der Waals surface area (Å²) >= 11 is 1.32. The van der Waals surface area contributed by atoms with Gasteiger partial charge in [-0.15, -0.1) is 10.2 Å². The lowest BCUT2D eigenvalue weighted by molar-refractivity contribution is -0.115. The average molecular weight is 420 g/mol. The molecule has 0 unspecified atom stereocenters. The van der Waals surface area contributed by atoms with Gasteiger partial charge < -0.3 is 14.8 Å². The number of aromatic hydroxyl groups is 1. The smallest absolute Gasteiger partial charge is 0.237 e. The molecule has 0 saturated heterocycles. The molecule has 2 aromatic heterocycles. The number of phenolic OH excluding ortho intramolecular Hbond substituents is 1. The number of hydrogen-bond acceptors (Lipinski definition) is 6. The van der Waals surface area contributed by atoms with Gasteiger partial charge in [0.1, 0.15) is 11.5 Å². The minimum absolute atomic E-state index is 0.120. The van der Waals surface area contributed by atoms with Crippen LogP contribution in [0, 0.1) is 0 Å². The quantitative estimate of drug-likeness (QED) is 0.430. The maximum Gasteiger partial charge on any atom is 0.237 e. The second-order valence-electron chi connectivity index (χ2n) is 6.63. The summed E-state index contributed by atoms with van der Waals surface area (Å²) in [6, 6.07) is 19.8. The van der Waals surface area contributed by atoms with Crippen molar-refractivity contribution in [2.45, 2.75) is 23.9 Å². The molecule has 4 rings (SSSR count). The topological polar surface area (TPSA) is 93.2 Å². The lowest BCUT2D eigenvalue weighted by Gasteiger charge is -2.13. The first-order valence-corrected chi connectivity index (χ1v) is 10.3. The highest BCUT2D eigenvalue weighted by Gasteiger charge is 2.21. The normalized spacial score (nSPS) is 11.9. The van der Waals surface area contributed by atoms with E-state index in [1.165, 1.54) is 11.8 Å². The number of rotatable bonds is 7. The van der Waals surface area contributed by atoms with E-state index in [1.54, 1.807) is 30.5 Å². The Labute approximate surface area is 177 Å². The Kier molecular flexibility index (Phi) is 5.85. The van der Waals surface area contributed by atoms with Gasteiger partial charge in [-0.05, 0) is 55.5 Å². The summed E-state index contributed by atoms with van der Waals surface area (Å²) in [6.45, 7) is 2.25. The highest BCUT2D eigenvalue weighted by Crippen LogP contribution is 2.29. The summed E-state index contributed by atoms with van der Waals surface area (Å²) in [7, 11) is 0. The number of benzene rings is 2. The first kappa shape index (κ1) is 19.8. The number of carbonyl (C=O) groups is 1. The lowest BCUT2D eigenvalue weighted by atomic mass is 10.2. The van der Waals surface area contributed by atoms with E-state index in [4.69, 9.17) is 4.42 Å². The fourth-order valence-corrected chi connectivity index (χ4v) is 3.73. The minimum atomic E-state index is -0.391. The molecule has 8 heteroatoms. The van der Waals surface area contributed by atoms with Gasteiger partial charge in [0.2, 0.25) is 5.91 Å². The number of para-hydroxylation sites is 1. The molecule has 0 aliphatic carbocycles. The zero-order valence-corrected chi connectivity index (χ0v) is 17.0. The molecule has 0 bridgehead atoms. The fraction of sp³-hybridized carbons (Fsp3) is 0.136. The first-order chi connectivity index (χ1) is 14.6. The van der Waals surface area contributed by atoms with Crippen LogP contribution >= 0.6 is 11.8 Å². The number of nitrogens with zero attached hydrogens (tertiary/aromatic N) is 3. The van der Waals surface area contributed by atoms with Crippen LogP contribution in [-0.4, -0.2) is 31.0 Å². The van der Waals surface area contributed by atoms with Gasteiger partial charge in [-0.1, -0.05) is 30.0 Å². The van der Waals surface area contributed by atoms with Crippen LogP contribution in [0.5, 0.6) is 5.75 Å². The number of anilines is 1. The number of nitrogens with one attached hydrogen (secondary N) is 1. The highest BCUT2D eigenvalue weighted by molar-refractivity contribution is 8.00. The predicted molar refractivity (Wildman–Crippen MR) is 115 cm³/mol. The molecule has 0 fully saturated rings. The van der Waals surface area contributed by atoms with Gasteiger partial charge in [-0.3, -0.25) is 9.36 Å². The molecule has 4 aromatic rings. The van der Waals surface area contributed by atoms with Crippen LogP contribution in [0.2, 0.25) is 0 Å². The van der Waals surface area contributed by atoms with Crippen LogP contribution in [0.15, 0.2) is 82.6 Å². The SMILES string of the molecule is C[C@H](Sc1nnc(-c2ccc(O)cc2)n1Cc1ccco1)C(=O)Nc1ccccc1. The largest absolute Gasteiger partial charge is 0.508 e. The van der Waals surface area contributed by atoms with Crippen molar-refractivity contribution in [3.05, 3.63) is 78.8 Å². The van der Waals surface area contributed by atoms with Crippen molar-refractivity contribution in [2.24, 2.45) is 0 Å². The molecule has 0 spiro atoms. The van der Waals surface area contributed by atoms with Crippen molar-refractivity contribution < 1.29 is 14.3 Å². The monoisotopic (exact) mass is 420 g/mol. The van der Waals surface area contributed by atoms with E-state index in [1.807, 2.05) is 54.0 Å². The first-order valence-electron chi connectivity index (χ1n) is 9.38. The zero-order valence-electron chi connectivity index (χ0n) is 16.2. The summed E-state index contributed by atoms with van der Waals surface area (Å²) in [4.78, 5) is 12.6. The van der Waals surface area contributed by atoms with Gasteiger partial charge in [0.25, 0.3) is 0 Å². The number of carbonyl (C=O) groups excluding carboxylic acids is 1. The van der Waals surface area contributed by atoms with Crippen LogP contribution in [-0.2, 0) is 11.3 Å². The third-order valence-electron chi connectivity index (χ3n) is 4.43. The third-order valence-corrected chi connectivity index (χ3v) is 5.51. The van der Waals surface area contributed by atoms with E-state index in [0.717, 1.165) is 17.0 Å². The molecular weight excluding hydrogens is 400 g/mol. The van der Waals surface area contributed by atoms with Gasteiger partial charge in [0, 0.05) is 11.3 Å². The Morgan fingerprint density at radius 1 is 1.10 bits per heavy atom. The number of phenols is 1. The molecule has 1 atom stereocenters. The van der Waals surface area contributed by atoms with E-state index in [0.29, 0.717) is 17.5 Å². The van der Waals surface area contributed by atoms with Crippen molar-refractivity contribution in [2.75, 3.05) is 5.32 Å². The van der Waals surface area contributed by atoms with Crippen LogP contribution in [0.25, 0.3) is 11.4 Å². The van der Waals surface area contributed by atoms with Gasteiger partial charge in [0.05, 0.1) is 18.1 Å². The predicted octanol–water partition coefficient (Wildman–Crippen LogP) is 4.41. The summed E-state index contributed by atoms with van der Waals surface area (Å²) in [5.74, 6) is 1.43. The number of thioether (sulfide) groups is 1. The Hall–Kier alpha value is -3.52. The molecule has 1 amide bonds. The molecule has 0 saturated carbocycles. The Bertz CT molecular complexity index is 1110. The fourth-order valence-electron chi connectivity index (χ4n) is 2.88. The Morgan fingerprint density at radius 2 is 1.87 bits per heavy atom. The molecule has 0 radical (unpaired) electrons. The molecule has 0 aliphatic rings. The van der Waals surface area contributed by atoms with Gasteiger partial charge in [-0.25, -0.2) is 0 Å². The number of aromatic nitrogens is 3. The van der Waals surface area contributed by atoms with Gasteiger partial charge >= 0.3 is 0 Å². The Balaban J connectivity index is 1.58. The minimum Gasteiger partial charge on any atom is -0.508 e. The molecule has 2 aromatic carbocycles. The van der Waals surface area contributed by atoms with Crippen LogP contribution in [0.4, 0.5) is 5.69 Å². The number of hydrogen-bond donors (Lipinski definition) is 2. The van der Waals surface area contributed by atoms with E-state index in [-0.39, 0.29) is 11.7 Å². The van der Waals surface area contributed by atoms with Crippen molar-refractivity contribution in [3.8, 4) is 17.1 Å². The van der Waals surface area contributed by atoms with Crippen molar-refractivity contribution >= 4 is 23.4 Å². The van der Waals surface area contributed by atoms with Crippen LogP contribution < -0.4 is 5.32 Å². The second-order valence-corrected chi connectivity index (χ2v) is 7.94. The van der Waals surface area contributed by atoms with Crippen molar-refractivity contribution in [1.82, 2.24) is 14.8 Å². The van der Waals surface area contributed by atoms with Gasteiger partial charge in [0.15, 0.2) is 11.0 Å². The molecule has 2 heterocycles. The van der Waals surface area contributed by atoms with Gasteiger partial charge in [-0.2, -0.15) is 0 Å². The van der Waals surface area contributed by atoms with Crippen molar-refractivity contribution in [3.63, 3.8) is 0 Å². The molecule has 2 N–H and O–H groups in total.